The van der Waals surface area contributed by atoms with Crippen LogP contribution in [-0.2, 0) is 17.6 Å². The second-order valence-electron chi connectivity index (χ2n) is 3.38. The Labute approximate surface area is 89.2 Å². The van der Waals surface area contributed by atoms with Gasteiger partial charge in [0.05, 0.1) is 0 Å². The number of pyridine rings is 1. The number of carbonyl (C=O) groups excluding carboxylic acids is 1. The monoisotopic (exact) mass is 205 g/mol. The number of nitrogens with two attached hydrogens (primary N) is 1. The van der Waals surface area contributed by atoms with Crippen LogP contribution < -0.4 is 5.84 Å². The highest BCUT2D eigenvalue weighted by molar-refractivity contribution is 5.64. The fourth-order valence-corrected chi connectivity index (χ4v) is 1.56. The number of hydrogen-bond donors (Lipinski definition) is 1. The molecular weight excluding hydrogens is 190 g/mol. The molecule has 0 saturated carbocycles. The predicted molar refractivity (Wildman–Crippen MR) is 59.9 cm³/mol. The second-order valence-corrected chi connectivity index (χ2v) is 3.38. The zero-order valence-electron chi connectivity index (χ0n) is 9.03. The van der Waals surface area contributed by atoms with Crippen molar-refractivity contribution < 1.29 is 4.79 Å². The molecule has 0 atom stereocenters. The Bertz CT molecular complexity index is 386. The molecule has 0 saturated heterocycles. The van der Waals surface area contributed by atoms with Crippen LogP contribution >= 0.6 is 0 Å². The summed E-state index contributed by atoms with van der Waals surface area (Å²) in [5, 5.41) is 3.47. The molecule has 0 aliphatic rings. The molecule has 1 aromatic heterocycles. The van der Waals surface area contributed by atoms with Gasteiger partial charge in [-0.05, 0) is 30.5 Å². The van der Waals surface area contributed by atoms with Gasteiger partial charge in [-0.1, -0.05) is 0 Å². The molecule has 4 nitrogen and oxygen atoms in total. The number of carbonyl (C=O) groups is 1. The molecule has 0 aliphatic heterocycles. The highest BCUT2D eigenvalue weighted by Crippen LogP contribution is 2.16. The number of aldehydes is 1. The van der Waals surface area contributed by atoms with Gasteiger partial charge in [-0.3, -0.25) is 4.98 Å². The van der Waals surface area contributed by atoms with Crippen molar-refractivity contribution in [2.24, 2.45) is 10.9 Å². The van der Waals surface area contributed by atoms with Crippen molar-refractivity contribution in [3.63, 3.8) is 0 Å². The van der Waals surface area contributed by atoms with Gasteiger partial charge in [-0.2, -0.15) is 5.10 Å². The van der Waals surface area contributed by atoms with Crippen molar-refractivity contribution in [2.75, 3.05) is 0 Å². The van der Waals surface area contributed by atoms with Gasteiger partial charge in [0, 0.05) is 30.9 Å². The first kappa shape index (κ1) is 11.4. The van der Waals surface area contributed by atoms with E-state index in [9.17, 15) is 4.79 Å². The number of aryl methyl sites for hydroxylation is 1. The van der Waals surface area contributed by atoms with Crippen molar-refractivity contribution in [1.29, 1.82) is 0 Å². The molecule has 0 fully saturated rings. The van der Waals surface area contributed by atoms with Gasteiger partial charge in [0.2, 0.25) is 0 Å². The largest absolute Gasteiger partial charge is 0.324 e. The highest BCUT2D eigenvalue weighted by Gasteiger charge is 2.07. The summed E-state index contributed by atoms with van der Waals surface area (Å²) in [5.41, 5.74) is 4.14. The molecule has 0 spiro atoms. The first-order chi connectivity index (χ1) is 7.20. The SMILES string of the molecule is Cc1ncc(CC=O)c(C)c1CC=NN. The summed E-state index contributed by atoms with van der Waals surface area (Å²) in [6.45, 7) is 3.94. The zero-order chi connectivity index (χ0) is 11.3. The number of hydrogen-bond acceptors (Lipinski definition) is 4. The topological polar surface area (TPSA) is 68.3 Å². The number of rotatable bonds is 4. The van der Waals surface area contributed by atoms with E-state index in [2.05, 4.69) is 10.1 Å². The van der Waals surface area contributed by atoms with E-state index < -0.39 is 0 Å². The third kappa shape index (κ3) is 2.62. The molecule has 0 radical (unpaired) electrons. The molecule has 0 bridgehead atoms. The number of nitrogens with zero attached hydrogens (tertiary/aromatic N) is 2. The standard InChI is InChI=1S/C11H15N3O/c1-8-10(4-6-15)7-13-9(2)11(8)3-5-14-12/h5-7H,3-4,12H2,1-2H3. The second kappa shape index (κ2) is 5.24. The molecule has 1 heterocycles. The first-order valence-corrected chi connectivity index (χ1v) is 4.80. The van der Waals surface area contributed by atoms with Gasteiger partial charge >= 0.3 is 0 Å². The Hall–Kier alpha value is -1.71. The van der Waals surface area contributed by atoms with Crippen LogP contribution in [0.2, 0.25) is 0 Å². The van der Waals surface area contributed by atoms with Crippen LogP contribution in [0.5, 0.6) is 0 Å². The minimum Gasteiger partial charge on any atom is -0.324 e. The van der Waals surface area contributed by atoms with E-state index in [1.807, 2.05) is 13.8 Å². The van der Waals surface area contributed by atoms with Gasteiger partial charge in [-0.15, -0.1) is 0 Å². The fourth-order valence-electron chi connectivity index (χ4n) is 1.56. The fraction of sp³-hybridized carbons (Fsp3) is 0.364. The van der Waals surface area contributed by atoms with Gasteiger partial charge in [0.1, 0.15) is 6.29 Å². The minimum atomic E-state index is 0.409. The summed E-state index contributed by atoms with van der Waals surface area (Å²) in [7, 11) is 0. The zero-order valence-corrected chi connectivity index (χ0v) is 9.03. The average Bonchev–Trinajstić information content (AvgIpc) is 2.22. The highest BCUT2D eigenvalue weighted by atomic mass is 16.1. The lowest BCUT2D eigenvalue weighted by molar-refractivity contribution is -0.107. The summed E-state index contributed by atoms with van der Waals surface area (Å²) < 4.78 is 0. The molecule has 0 aromatic carbocycles. The molecule has 2 N–H and O–H groups in total. The molecule has 4 heteroatoms. The quantitative estimate of drug-likeness (QED) is 0.344. The Balaban J connectivity index is 3.10. The Kier molecular flexibility index (Phi) is 3.97. The molecule has 1 aromatic rings. The van der Waals surface area contributed by atoms with Crippen LogP contribution in [0.3, 0.4) is 0 Å². The van der Waals surface area contributed by atoms with Crippen LogP contribution in [0, 0.1) is 13.8 Å². The molecule has 0 amide bonds. The maximum absolute atomic E-state index is 10.5. The molecule has 0 aliphatic carbocycles. The van der Waals surface area contributed by atoms with E-state index in [4.69, 9.17) is 5.84 Å². The molecular formula is C11H15N3O. The van der Waals surface area contributed by atoms with E-state index in [0.29, 0.717) is 12.8 Å². The van der Waals surface area contributed by atoms with Crippen LogP contribution in [-0.4, -0.2) is 17.5 Å². The van der Waals surface area contributed by atoms with Crippen molar-refractivity contribution in [3.05, 3.63) is 28.6 Å². The van der Waals surface area contributed by atoms with E-state index >= 15 is 0 Å². The number of aromatic nitrogens is 1. The van der Waals surface area contributed by atoms with Gasteiger partial charge in [0.25, 0.3) is 0 Å². The lowest BCUT2D eigenvalue weighted by Crippen LogP contribution is -2.03. The molecule has 0 unspecified atom stereocenters. The lowest BCUT2D eigenvalue weighted by Gasteiger charge is -2.10. The normalized spacial score (nSPS) is 10.8. The summed E-state index contributed by atoms with van der Waals surface area (Å²) in [6, 6.07) is 0. The number of hydrazone groups is 1. The third-order valence-corrected chi connectivity index (χ3v) is 2.49. The minimum absolute atomic E-state index is 0.409. The maximum Gasteiger partial charge on any atom is 0.124 e. The maximum atomic E-state index is 10.5. The third-order valence-electron chi connectivity index (χ3n) is 2.49. The van der Waals surface area contributed by atoms with Crippen molar-refractivity contribution in [1.82, 2.24) is 4.98 Å². The molecule has 80 valence electrons. The van der Waals surface area contributed by atoms with Gasteiger partial charge in [-0.25, -0.2) is 0 Å². The summed E-state index contributed by atoms with van der Waals surface area (Å²) in [4.78, 5) is 14.7. The van der Waals surface area contributed by atoms with Crippen LogP contribution in [0.4, 0.5) is 0 Å². The molecule has 1 rings (SSSR count). The van der Waals surface area contributed by atoms with E-state index in [1.165, 1.54) is 0 Å². The Morgan fingerprint density at radius 3 is 2.80 bits per heavy atom. The lowest BCUT2D eigenvalue weighted by atomic mass is 9.99. The van der Waals surface area contributed by atoms with Crippen molar-refractivity contribution in [2.45, 2.75) is 26.7 Å². The average molecular weight is 205 g/mol. The van der Waals surface area contributed by atoms with E-state index in [0.717, 1.165) is 28.7 Å². The summed E-state index contributed by atoms with van der Waals surface area (Å²) in [5.74, 6) is 5.07. The van der Waals surface area contributed by atoms with E-state index in [-0.39, 0.29) is 0 Å². The Morgan fingerprint density at radius 1 is 1.47 bits per heavy atom. The van der Waals surface area contributed by atoms with Gasteiger partial charge in [0.15, 0.2) is 0 Å². The summed E-state index contributed by atoms with van der Waals surface area (Å²) in [6.07, 6.45) is 5.35. The first-order valence-electron chi connectivity index (χ1n) is 4.80. The smallest absolute Gasteiger partial charge is 0.124 e. The van der Waals surface area contributed by atoms with Crippen molar-refractivity contribution in [3.8, 4) is 0 Å². The predicted octanol–water partition coefficient (Wildman–Crippen LogP) is 0.927. The van der Waals surface area contributed by atoms with E-state index in [1.54, 1.807) is 12.4 Å². The molecule has 15 heavy (non-hydrogen) atoms. The van der Waals surface area contributed by atoms with Crippen molar-refractivity contribution >= 4 is 12.5 Å². The van der Waals surface area contributed by atoms with Crippen LogP contribution in [0.1, 0.15) is 22.4 Å². The van der Waals surface area contributed by atoms with Crippen LogP contribution in [0.15, 0.2) is 11.3 Å². The summed E-state index contributed by atoms with van der Waals surface area (Å²) >= 11 is 0. The Morgan fingerprint density at radius 2 is 2.20 bits per heavy atom. The van der Waals surface area contributed by atoms with Crippen LogP contribution in [0.25, 0.3) is 0 Å². The van der Waals surface area contributed by atoms with Gasteiger partial charge < -0.3 is 10.6 Å².